The lowest BCUT2D eigenvalue weighted by molar-refractivity contribution is -0.0214. The lowest BCUT2D eigenvalue weighted by atomic mass is 9.63. The maximum atomic E-state index is 12.5. The van der Waals surface area contributed by atoms with Gasteiger partial charge >= 0.3 is 0 Å². The van der Waals surface area contributed by atoms with Gasteiger partial charge < -0.3 is 51.4 Å². The third-order valence-electron chi connectivity index (χ3n) is 17.0. The van der Waals surface area contributed by atoms with Gasteiger partial charge in [-0.2, -0.15) is 0 Å². The summed E-state index contributed by atoms with van der Waals surface area (Å²) in [7, 11) is 3.27. The van der Waals surface area contributed by atoms with Gasteiger partial charge in [0.2, 0.25) is 0 Å². The second-order valence-electron chi connectivity index (χ2n) is 21.2. The first-order chi connectivity index (χ1) is 33.5. The summed E-state index contributed by atoms with van der Waals surface area (Å²) in [6, 6.07) is 18.7. The molecular formula is C57H75N3O7S2. The Morgan fingerprint density at radius 3 is 2.49 bits per heavy atom. The monoisotopic (exact) mass is 978 g/mol. The molecule has 1 saturated carbocycles. The van der Waals surface area contributed by atoms with Crippen LogP contribution in [0.2, 0.25) is 0 Å². The molecule has 3 heterocycles. The molecule has 10 nitrogen and oxygen atoms in total. The van der Waals surface area contributed by atoms with Crippen LogP contribution >= 0.6 is 21.6 Å². The first-order valence-electron chi connectivity index (χ1n) is 25.9. The van der Waals surface area contributed by atoms with Crippen LogP contribution in [-0.4, -0.2) is 91.3 Å². The zero-order chi connectivity index (χ0) is 48.1. The van der Waals surface area contributed by atoms with E-state index in [1.165, 1.54) is 24.0 Å². The standard InChI is InChI=1S/C57H75N3O7S2/c1-2-36-25-38-28-49(64)51(67-52-29-39(26-42-13-10-22-59-42)43-16-23-60-55(58)47(43)34-69-68-33-40(32-62)54(52)66)31-45(38)46-30-50(65)53-37(27-44(36)46)15-20-56(21-24-61,17-7-6-14-48(53)63)35-57(18-8-9-19-57)41-11-4-3-5-12-41/h3-5,10-13,16,22,27-28,31,36-37,39-40,46,48,50,52-54,59-66H,2,6-9,14,17-19,21,23-26,29-30,32-35,58H2,1H3. The van der Waals surface area contributed by atoms with Crippen LogP contribution in [-0.2, 0) is 18.3 Å². The predicted octanol–water partition coefficient (Wildman–Crippen LogP) is 8.58. The second kappa shape index (κ2) is 22.3. The van der Waals surface area contributed by atoms with E-state index >= 15 is 0 Å². The molecule has 9 rings (SSSR count). The van der Waals surface area contributed by atoms with Crippen molar-refractivity contribution in [3.8, 4) is 23.3 Å². The summed E-state index contributed by atoms with van der Waals surface area (Å²) in [6.07, 6.45) is 15.2. The van der Waals surface area contributed by atoms with Crippen LogP contribution in [0.15, 0.2) is 95.5 Å². The number of aromatic amines is 1. The number of H-pyrrole nitrogens is 1. The molecule has 69 heavy (non-hydrogen) atoms. The maximum Gasteiger partial charge on any atom is 0.161 e. The molecule has 1 saturated heterocycles. The van der Waals surface area contributed by atoms with Crippen LogP contribution in [0.25, 0.3) is 0 Å². The highest BCUT2D eigenvalue weighted by molar-refractivity contribution is 8.76. The number of phenols is 1. The lowest BCUT2D eigenvalue weighted by Crippen LogP contribution is -2.42. The maximum absolute atomic E-state index is 12.5. The number of ether oxygens (including phenoxy) is 1. The van der Waals surface area contributed by atoms with Gasteiger partial charge in [0.05, 0.1) is 18.3 Å². The topological polar surface area (TPSA) is 184 Å². The van der Waals surface area contributed by atoms with Gasteiger partial charge in [0, 0.05) is 77.8 Å². The van der Waals surface area contributed by atoms with Crippen LogP contribution in [0.1, 0.15) is 119 Å². The largest absolute Gasteiger partial charge is 0.504 e. The number of hydrogen-bond donors (Lipinski definition) is 9. The molecule has 372 valence electrons. The van der Waals surface area contributed by atoms with E-state index in [0.717, 1.165) is 72.9 Å². The average Bonchev–Trinajstić information content (AvgIpc) is 4.02. The van der Waals surface area contributed by atoms with Crippen molar-refractivity contribution in [2.75, 3.05) is 31.3 Å². The lowest BCUT2D eigenvalue weighted by Gasteiger charge is -2.40. The van der Waals surface area contributed by atoms with Gasteiger partial charge in [0.25, 0.3) is 0 Å². The Balaban J connectivity index is 1.09. The van der Waals surface area contributed by atoms with Crippen molar-refractivity contribution < 1.29 is 35.4 Å². The average molecular weight is 978 g/mol. The smallest absolute Gasteiger partial charge is 0.161 e. The number of aromatic nitrogens is 1. The number of nitrogens with one attached hydrogen (secondary N) is 2. The molecule has 11 atom stereocenters. The van der Waals surface area contributed by atoms with Crippen LogP contribution in [0.5, 0.6) is 11.5 Å². The molecule has 10 N–H and O–H groups in total. The predicted molar refractivity (Wildman–Crippen MR) is 277 cm³/mol. The Hall–Kier alpha value is -3.80. The third-order valence-corrected chi connectivity index (χ3v) is 19.4. The van der Waals surface area contributed by atoms with E-state index in [4.69, 9.17) is 10.5 Å². The molecule has 11 unspecified atom stereocenters. The van der Waals surface area contributed by atoms with Crippen molar-refractivity contribution in [3.05, 3.63) is 118 Å². The van der Waals surface area contributed by atoms with Gasteiger partial charge in [-0.3, -0.25) is 0 Å². The van der Waals surface area contributed by atoms with Gasteiger partial charge in [-0.25, -0.2) is 0 Å². The molecule has 4 aliphatic carbocycles. The number of allylic oxidation sites excluding steroid dienone is 3. The first kappa shape index (κ1) is 50.2. The third kappa shape index (κ3) is 10.9. The van der Waals surface area contributed by atoms with Crippen molar-refractivity contribution in [2.24, 2.45) is 40.7 Å². The highest BCUT2D eigenvalue weighted by Crippen LogP contribution is 2.53. The minimum Gasteiger partial charge on any atom is -0.504 e. The van der Waals surface area contributed by atoms with Crippen molar-refractivity contribution in [2.45, 2.75) is 139 Å². The fourth-order valence-electron chi connectivity index (χ4n) is 13.4. The highest BCUT2D eigenvalue weighted by atomic mass is 33.1. The van der Waals surface area contributed by atoms with Crippen molar-refractivity contribution in [1.29, 1.82) is 0 Å². The summed E-state index contributed by atoms with van der Waals surface area (Å²) in [6.45, 7) is 2.62. The molecule has 12 heteroatoms. The van der Waals surface area contributed by atoms with Crippen molar-refractivity contribution >= 4 is 21.6 Å². The van der Waals surface area contributed by atoms with E-state index in [1.807, 2.05) is 24.4 Å². The molecule has 2 fully saturated rings. The van der Waals surface area contributed by atoms with E-state index < -0.39 is 47.6 Å². The molecule has 0 amide bonds. The summed E-state index contributed by atoms with van der Waals surface area (Å²) < 4.78 is 6.94. The Kier molecular flexibility index (Phi) is 16.2. The van der Waals surface area contributed by atoms with Gasteiger partial charge in [0.1, 0.15) is 11.9 Å². The summed E-state index contributed by atoms with van der Waals surface area (Å²) in [5.74, 6) is 8.19. The van der Waals surface area contributed by atoms with Gasteiger partial charge in [-0.05, 0) is 134 Å². The van der Waals surface area contributed by atoms with Crippen molar-refractivity contribution in [3.63, 3.8) is 0 Å². The summed E-state index contributed by atoms with van der Waals surface area (Å²) in [5, 5.41) is 73.4. The van der Waals surface area contributed by atoms with E-state index in [0.29, 0.717) is 62.4 Å². The number of nitrogens with two attached hydrogens (primary N) is 1. The fourth-order valence-corrected chi connectivity index (χ4v) is 15.9. The van der Waals surface area contributed by atoms with Gasteiger partial charge in [-0.15, -0.1) is 0 Å². The van der Waals surface area contributed by atoms with E-state index in [2.05, 4.69) is 77.6 Å². The van der Waals surface area contributed by atoms with Crippen molar-refractivity contribution in [1.82, 2.24) is 10.3 Å². The summed E-state index contributed by atoms with van der Waals surface area (Å²) >= 11 is 0. The zero-order valence-electron chi connectivity index (χ0n) is 40.3. The Morgan fingerprint density at radius 1 is 0.928 bits per heavy atom. The molecule has 6 aliphatic rings. The molecule has 2 aliphatic heterocycles. The Morgan fingerprint density at radius 2 is 1.74 bits per heavy atom. The minimum absolute atomic E-state index is 0.00442. The number of rotatable bonds is 11. The minimum atomic E-state index is -1.05. The normalized spacial score (nSPS) is 32.7. The molecule has 0 radical (unpaired) electrons. The molecule has 1 aromatic heterocycles. The SMILES string of the molecule is CCC1Cc2cc(O)c(OC3CC(Cc4ccc[nH]4)C4=CCNC(N)=C4CSSCC(CO)C3O)cc2C2CC(O)C3C(C#CC(CCO)(CC4(c5ccccc5)CCCC4)CCCCC3O)C=C12. The zero-order valence-corrected chi connectivity index (χ0v) is 42.0. The molecule has 2 aromatic carbocycles. The molecular weight excluding hydrogens is 903 g/mol. The number of hydrogen-bond acceptors (Lipinski definition) is 11. The summed E-state index contributed by atoms with van der Waals surface area (Å²) in [5.41, 5.74) is 14.0. The van der Waals surface area contributed by atoms with Gasteiger partial charge in [-0.1, -0.05) is 114 Å². The fraction of sp³-hybridized carbons (Fsp3) is 0.579. The number of benzene rings is 2. The number of aromatic hydroxyl groups is 1. The Bertz CT molecular complexity index is 2370. The van der Waals surface area contributed by atoms with Crippen LogP contribution in [0, 0.1) is 46.8 Å². The molecule has 0 spiro atoms. The van der Waals surface area contributed by atoms with Crippen LogP contribution < -0.4 is 15.8 Å². The number of phenolic OH excluding ortho intramolecular Hbond substituents is 1. The molecule has 3 aromatic rings. The quantitative estimate of drug-likeness (QED) is 0.0510. The summed E-state index contributed by atoms with van der Waals surface area (Å²) in [4.78, 5) is 3.37. The Labute approximate surface area is 417 Å². The van der Waals surface area contributed by atoms with E-state index in [9.17, 15) is 30.6 Å². The first-order valence-corrected chi connectivity index (χ1v) is 28.4. The second-order valence-corrected chi connectivity index (χ2v) is 23.7. The van der Waals surface area contributed by atoms with Crippen LogP contribution in [0.3, 0.4) is 0 Å². The number of dihydropyridines is 1. The van der Waals surface area contributed by atoms with Crippen LogP contribution in [0.4, 0.5) is 0 Å². The number of aliphatic hydroxyl groups is 5. The molecule has 0 bridgehead atoms. The number of fused-ring (bicyclic) bond motifs is 5. The van der Waals surface area contributed by atoms with Gasteiger partial charge in [0.15, 0.2) is 11.5 Å². The highest BCUT2D eigenvalue weighted by Gasteiger charge is 2.46. The number of aliphatic hydroxyl groups excluding tert-OH is 5. The van der Waals surface area contributed by atoms with E-state index in [1.54, 1.807) is 21.6 Å². The van der Waals surface area contributed by atoms with E-state index in [-0.39, 0.29) is 47.9 Å².